The second-order valence-electron chi connectivity index (χ2n) is 5.42. The summed E-state index contributed by atoms with van der Waals surface area (Å²) >= 11 is 6.30. The number of thioether (sulfide) groups is 1. The Morgan fingerprint density at radius 1 is 1.48 bits per heavy atom. The second kappa shape index (κ2) is 7.51. The SMILES string of the molecule is O=C(O)CCCN1C(=O)C(=Cc2cc(F)cc3c2OCOC3)SC1=S. The average Bonchev–Trinajstić information content (AvgIpc) is 2.82. The van der Waals surface area contributed by atoms with E-state index in [0.717, 1.165) is 11.8 Å². The highest BCUT2D eigenvalue weighted by molar-refractivity contribution is 8.26. The minimum Gasteiger partial charge on any atom is -0.481 e. The Bertz CT molecular complexity index is 780. The summed E-state index contributed by atoms with van der Waals surface area (Å²) in [5, 5.41) is 8.69. The van der Waals surface area contributed by atoms with Gasteiger partial charge >= 0.3 is 5.97 Å². The van der Waals surface area contributed by atoms with Crippen molar-refractivity contribution < 1.29 is 28.6 Å². The predicted octanol–water partition coefficient (Wildman–Crippen LogP) is 2.76. The van der Waals surface area contributed by atoms with Gasteiger partial charge in [-0.1, -0.05) is 24.0 Å². The van der Waals surface area contributed by atoms with Crippen molar-refractivity contribution in [2.75, 3.05) is 13.3 Å². The van der Waals surface area contributed by atoms with E-state index in [2.05, 4.69) is 0 Å². The van der Waals surface area contributed by atoms with Crippen LogP contribution in [0, 0.1) is 5.82 Å². The van der Waals surface area contributed by atoms with E-state index in [-0.39, 0.29) is 32.3 Å². The third kappa shape index (κ3) is 4.00. The fourth-order valence-electron chi connectivity index (χ4n) is 2.54. The number of thiocarbonyl (C=S) groups is 1. The van der Waals surface area contributed by atoms with Crippen LogP contribution in [0.5, 0.6) is 5.75 Å². The first-order chi connectivity index (χ1) is 12.0. The Morgan fingerprint density at radius 2 is 2.28 bits per heavy atom. The molecule has 132 valence electrons. The topological polar surface area (TPSA) is 76.1 Å². The van der Waals surface area contributed by atoms with Crippen LogP contribution in [-0.4, -0.2) is 39.5 Å². The Morgan fingerprint density at radius 3 is 3.04 bits per heavy atom. The maximum atomic E-state index is 13.8. The van der Waals surface area contributed by atoms with Crippen molar-refractivity contribution in [2.45, 2.75) is 19.4 Å². The highest BCUT2D eigenvalue weighted by Gasteiger charge is 2.32. The molecule has 2 aliphatic heterocycles. The summed E-state index contributed by atoms with van der Waals surface area (Å²) in [5.74, 6) is -1.20. The molecule has 25 heavy (non-hydrogen) atoms. The number of carboxylic acid groups (broad SMARTS) is 1. The van der Waals surface area contributed by atoms with E-state index in [1.54, 1.807) is 6.08 Å². The van der Waals surface area contributed by atoms with Crippen LogP contribution < -0.4 is 4.74 Å². The number of nitrogens with zero attached hydrogens (tertiary/aromatic N) is 1. The van der Waals surface area contributed by atoms with E-state index in [4.69, 9.17) is 26.8 Å². The molecule has 0 aliphatic carbocycles. The molecule has 1 saturated heterocycles. The average molecular weight is 383 g/mol. The van der Waals surface area contributed by atoms with Gasteiger partial charge in [0.1, 0.15) is 15.9 Å². The summed E-state index contributed by atoms with van der Waals surface area (Å²) in [6.07, 6.45) is 1.82. The van der Waals surface area contributed by atoms with Crippen molar-refractivity contribution in [1.82, 2.24) is 4.90 Å². The number of amides is 1. The van der Waals surface area contributed by atoms with Crippen LogP contribution in [0.15, 0.2) is 17.0 Å². The summed E-state index contributed by atoms with van der Waals surface area (Å²) in [5.41, 5.74) is 1.03. The zero-order valence-electron chi connectivity index (χ0n) is 13.0. The molecule has 1 amide bonds. The first kappa shape index (κ1) is 17.8. The van der Waals surface area contributed by atoms with Crippen molar-refractivity contribution in [3.05, 3.63) is 34.0 Å². The molecule has 1 fully saturated rings. The van der Waals surface area contributed by atoms with Gasteiger partial charge in [0.05, 0.1) is 11.5 Å². The molecule has 9 heteroatoms. The van der Waals surface area contributed by atoms with Crippen molar-refractivity contribution in [3.8, 4) is 5.75 Å². The van der Waals surface area contributed by atoms with Crippen LogP contribution in [0.25, 0.3) is 6.08 Å². The third-order valence-electron chi connectivity index (χ3n) is 3.64. The van der Waals surface area contributed by atoms with Gasteiger partial charge in [-0.05, 0) is 24.6 Å². The quantitative estimate of drug-likeness (QED) is 0.619. The normalized spacial score (nSPS) is 18.4. The number of rotatable bonds is 5. The van der Waals surface area contributed by atoms with E-state index in [0.29, 0.717) is 32.5 Å². The molecule has 3 rings (SSSR count). The maximum absolute atomic E-state index is 13.8. The van der Waals surface area contributed by atoms with Gasteiger partial charge in [-0.15, -0.1) is 0 Å². The summed E-state index contributed by atoms with van der Waals surface area (Å²) in [6.45, 7) is 0.541. The lowest BCUT2D eigenvalue weighted by molar-refractivity contribution is -0.137. The fraction of sp³-hybridized carbons (Fsp3) is 0.312. The zero-order chi connectivity index (χ0) is 18.0. The maximum Gasteiger partial charge on any atom is 0.303 e. The number of aliphatic carboxylic acids is 1. The van der Waals surface area contributed by atoms with E-state index >= 15 is 0 Å². The number of fused-ring (bicyclic) bond motifs is 1. The van der Waals surface area contributed by atoms with Gasteiger partial charge in [0.2, 0.25) is 0 Å². The molecule has 1 aromatic rings. The van der Waals surface area contributed by atoms with Gasteiger partial charge in [0.15, 0.2) is 6.79 Å². The van der Waals surface area contributed by atoms with E-state index in [9.17, 15) is 14.0 Å². The molecule has 0 aromatic heterocycles. The van der Waals surface area contributed by atoms with Crippen LogP contribution >= 0.6 is 24.0 Å². The number of hydrogen-bond donors (Lipinski definition) is 1. The lowest BCUT2D eigenvalue weighted by atomic mass is 10.1. The highest BCUT2D eigenvalue weighted by Crippen LogP contribution is 2.36. The van der Waals surface area contributed by atoms with Crippen LogP contribution in [0.1, 0.15) is 24.0 Å². The fourth-order valence-corrected chi connectivity index (χ4v) is 3.84. The number of carbonyl (C=O) groups excluding carboxylic acids is 1. The molecule has 0 saturated carbocycles. The van der Waals surface area contributed by atoms with Gasteiger partial charge in [-0.2, -0.15) is 0 Å². The van der Waals surface area contributed by atoms with Crippen molar-refractivity contribution in [3.63, 3.8) is 0 Å². The standard InChI is InChI=1S/C16H14FNO5S2/c17-11-4-9(14-10(5-11)7-22-8-23-14)6-12-15(21)18(16(24)25-12)3-1-2-13(19)20/h4-6H,1-3,7-8H2,(H,19,20). The molecule has 0 bridgehead atoms. The second-order valence-corrected chi connectivity index (χ2v) is 7.10. The lowest BCUT2D eigenvalue weighted by Crippen LogP contribution is -2.29. The number of carbonyl (C=O) groups is 2. The van der Waals surface area contributed by atoms with Gasteiger partial charge in [0.25, 0.3) is 5.91 Å². The summed E-state index contributed by atoms with van der Waals surface area (Å²) in [6, 6.07) is 2.63. The molecular formula is C16H14FNO5S2. The van der Waals surface area contributed by atoms with Crippen molar-refractivity contribution >= 4 is 46.3 Å². The molecule has 1 N–H and O–H groups in total. The number of halogens is 1. The molecule has 6 nitrogen and oxygen atoms in total. The summed E-state index contributed by atoms with van der Waals surface area (Å²) < 4.78 is 24.7. The molecule has 0 atom stereocenters. The Balaban J connectivity index is 1.83. The molecule has 1 aromatic carbocycles. The molecule has 0 radical (unpaired) electrons. The Kier molecular flexibility index (Phi) is 5.36. The Labute approximate surface area is 152 Å². The minimum absolute atomic E-state index is 0.0403. The summed E-state index contributed by atoms with van der Waals surface area (Å²) in [7, 11) is 0. The monoisotopic (exact) mass is 383 g/mol. The largest absolute Gasteiger partial charge is 0.481 e. The lowest BCUT2D eigenvalue weighted by Gasteiger charge is -2.19. The summed E-state index contributed by atoms with van der Waals surface area (Å²) in [4.78, 5) is 24.8. The number of hydrogen-bond acceptors (Lipinski definition) is 6. The van der Waals surface area contributed by atoms with Crippen LogP contribution in [0.3, 0.4) is 0 Å². The van der Waals surface area contributed by atoms with Crippen LogP contribution in [0.4, 0.5) is 4.39 Å². The molecule has 0 unspecified atom stereocenters. The number of ether oxygens (including phenoxy) is 2. The van der Waals surface area contributed by atoms with Crippen LogP contribution in [-0.2, 0) is 20.9 Å². The van der Waals surface area contributed by atoms with Gasteiger partial charge in [-0.3, -0.25) is 14.5 Å². The zero-order valence-corrected chi connectivity index (χ0v) is 14.6. The molecular weight excluding hydrogens is 369 g/mol. The molecule has 2 heterocycles. The predicted molar refractivity (Wildman–Crippen MR) is 93.4 cm³/mol. The minimum atomic E-state index is -0.924. The van der Waals surface area contributed by atoms with Gasteiger partial charge in [-0.25, -0.2) is 4.39 Å². The van der Waals surface area contributed by atoms with Crippen molar-refractivity contribution in [1.29, 1.82) is 0 Å². The van der Waals surface area contributed by atoms with Gasteiger partial charge < -0.3 is 14.6 Å². The number of carboxylic acids is 1. The number of benzene rings is 1. The molecule has 0 spiro atoms. The smallest absolute Gasteiger partial charge is 0.303 e. The Hall–Kier alpha value is -1.97. The third-order valence-corrected chi connectivity index (χ3v) is 5.01. The first-order valence-corrected chi connectivity index (χ1v) is 8.68. The van der Waals surface area contributed by atoms with E-state index < -0.39 is 11.8 Å². The van der Waals surface area contributed by atoms with E-state index in [1.165, 1.54) is 17.0 Å². The van der Waals surface area contributed by atoms with E-state index in [1.807, 2.05) is 0 Å². The first-order valence-electron chi connectivity index (χ1n) is 7.46. The van der Waals surface area contributed by atoms with Gasteiger partial charge in [0, 0.05) is 24.1 Å². The van der Waals surface area contributed by atoms with Crippen LogP contribution in [0.2, 0.25) is 0 Å². The highest BCUT2D eigenvalue weighted by atomic mass is 32.2. The molecule has 2 aliphatic rings. The van der Waals surface area contributed by atoms with Crippen molar-refractivity contribution in [2.24, 2.45) is 0 Å².